The lowest BCUT2D eigenvalue weighted by Crippen LogP contribution is -2.28. The molecule has 3 aromatic rings. The number of rotatable bonds is 7. The molecule has 2 N–H and O–H groups in total. The molecule has 0 bridgehead atoms. The fraction of sp³-hybridized carbons (Fsp3) is 0.320. The van der Waals surface area contributed by atoms with Gasteiger partial charge in [-0.3, -0.25) is 0 Å². The highest BCUT2D eigenvalue weighted by Gasteiger charge is 2.17. The summed E-state index contributed by atoms with van der Waals surface area (Å²) in [6.07, 6.45) is 2.61. The molecule has 1 aliphatic rings. The van der Waals surface area contributed by atoms with Gasteiger partial charge in [0.15, 0.2) is 5.82 Å². The van der Waals surface area contributed by atoms with E-state index in [4.69, 9.17) is 21.1 Å². The summed E-state index contributed by atoms with van der Waals surface area (Å²) in [7, 11) is 5.13. The number of hydrogen-bond acceptors (Lipinski definition) is 9. The average molecular weight is 497 g/mol. The molecule has 184 valence electrons. The zero-order valence-corrected chi connectivity index (χ0v) is 20.8. The van der Waals surface area contributed by atoms with Gasteiger partial charge in [-0.1, -0.05) is 23.7 Å². The van der Waals surface area contributed by atoms with Crippen molar-refractivity contribution in [1.82, 2.24) is 14.9 Å². The van der Waals surface area contributed by atoms with Gasteiger partial charge in [0.1, 0.15) is 10.8 Å². The number of benzene rings is 2. The quantitative estimate of drug-likeness (QED) is 0.457. The Hall–Kier alpha value is -3.56. The Balaban J connectivity index is 1.55. The van der Waals surface area contributed by atoms with Crippen molar-refractivity contribution in [2.45, 2.75) is 6.42 Å². The number of nitrogens with zero attached hydrogens (tertiary/aromatic N) is 4. The number of halogens is 1. The number of esters is 1. The molecule has 0 aliphatic carbocycles. The van der Waals surface area contributed by atoms with Crippen LogP contribution < -0.4 is 20.3 Å². The molecule has 1 fully saturated rings. The van der Waals surface area contributed by atoms with Crippen molar-refractivity contribution in [3.05, 3.63) is 59.2 Å². The van der Waals surface area contributed by atoms with Gasteiger partial charge < -0.3 is 29.9 Å². The minimum absolute atomic E-state index is 0.309. The van der Waals surface area contributed by atoms with E-state index >= 15 is 0 Å². The zero-order valence-electron chi connectivity index (χ0n) is 20.0. The molecule has 0 atom stereocenters. The summed E-state index contributed by atoms with van der Waals surface area (Å²) in [6.45, 7) is 4.09. The summed E-state index contributed by atoms with van der Waals surface area (Å²) >= 11 is 6.34. The van der Waals surface area contributed by atoms with Gasteiger partial charge in [0.25, 0.3) is 0 Å². The first-order valence-electron chi connectivity index (χ1n) is 11.3. The van der Waals surface area contributed by atoms with Crippen LogP contribution in [0.25, 0.3) is 0 Å². The van der Waals surface area contributed by atoms with Gasteiger partial charge in [-0.25, -0.2) is 9.78 Å². The Labute approximate surface area is 210 Å². The molecule has 2 heterocycles. The van der Waals surface area contributed by atoms with E-state index in [1.807, 2.05) is 12.1 Å². The largest absolute Gasteiger partial charge is 0.494 e. The van der Waals surface area contributed by atoms with Gasteiger partial charge in [-0.15, -0.1) is 0 Å². The van der Waals surface area contributed by atoms with Gasteiger partial charge >= 0.3 is 5.97 Å². The Bertz CT molecular complexity index is 1190. The van der Waals surface area contributed by atoms with Crippen LogP contribution in [0, 0.1) is 0 Å². The number of methoxy groups -OCH3 is 2. The van der Waals surface area contributed by atoms with Gasteiger partial charge in [0.05, 0.1) is 37.4 Å². The third-order valence-corrected chi connectivity index (χ3v) is 6.12. The predicted molar refractivity (Wildman–Crippen MR) is 139 cm³/mol. The second kappa shape index (κ2) is 11.2. The number of nitrogens with one attached hydrogen (secondary N) is 2. The average Bonchev–Trinajstić information content (AvgIpc) is 3.10. The normalized spacial score (nSPS) is 14.2. The van der Waals surface area contributed by atoms with Crippen LogP contribution in [0.5, 0.6) is 5.75 Å². The number of anilines is 5. The molecule has 4 rings (SSSR count). The van der Waals surface area contributed by atoms with E-state index in [-0.39, 0.29) is 0 Å². The lowest BCUT2D eigenvalue weighted by Gasteiger charge is -2.24. The maximum absolute atomic E-state index is 12.1. The highest BCUT2D eigenvalue weighted by atomic mass is 35.5. The first-order chi connectivity index (χ1) is 17.0. The molecule has 0 amide bonds. The molecule has 9 nitrogen and oxygen atoms in total. The minimum Gasteiger partial charge on any atom is -0.494 e. The van der Waals surface area contributed by atoms with E-state index in [2.05, 4.69) is 43.5 Å². The molecule has 0 unspecified atom stereocenters. The van der Waals surface area contributed by atoms with Crippen LogP contribution >= 0.6 is 11.6 Å². The number of hydrogen-bond donors (Lipinski definition) is 2. The zero-order chi connectivity index (χ0) is 24.8. The van der Waals surface area contributed by atoms with Crippen LogP contribution in [0.15, 0.2) is 48.7 Å². The predicted octanol–water partition coefficient (Wildman–Crippen LogP) is 4.55. The fourth-order valence-corrected chi connectivity index (χ4v) is 4.07. The van der Waals surface area contributed by atoms with Crippen LogP contribution in [0.4, 0.5) is 28.8 Å². The number of carbonyl (C=O) groups is 1. The number of carbonyl (C=O) groups excluding carboxylic acids is 1. The van der Waals surface area contributed by atoms with E-state index in [1.165, 1.54) is 13.3 Å². The topological polar surface area (TPSA) is 91.8 Å². The summed E-state index contributed by atoms with van der Waals surface area (Å²) in [5.74, 6) is 0.904. The number of ether oxygens (including phenoxy) is 2. The summed E-state index contributed by atoms with van der Waals surface area (Å²) in [5.41, 5.74) is 2.74. The van der Waals surface area contributed by atoms with E-state index in [9.17, 15) is 4.79 Å². The Morgan fingerprint density at radius 2 is 1.86 bits per heavy atom. The van der Waals surface area contributed by atoms with Crippen LogP contribution in [0.2, 0.25) is 5.02 Å². The number of aromatic nitrogens is 2. The van der Waals surface area contributed by atoms with Crippen LogP contribution in [-0.2, 0) is 4.74 Å². The molecule has 0 saturated carbocycles. The first kappa shape index (κ1) is 24.6. The van der Waals surface area contributed by atoms with Gasteiger partial charge in [0.2, 0.25) is 5.95 Å². The van der Waals surface area contributed by atoms with Crippen molar-refractivity contribution in [2.24, 2.45) is 0 Å². The minimum atomic E-state index is -0.461. The monoisotopic (exact) mass is 496 g/mol. The van der Waals surface area contributed by atoms with Crippen molar-refractivity contribution in [1.29, 1.82) is 0 Å². The third-order valence-electron chi connectivity index (χ3n) is 5.85. The van der Waals surface area contributed by atoms with E-state index in [0.29, 0.717) is 33.8 Å². The summed E-state index contributed by atoms with van der Waals surface area (Å²) in [6, 6.07) is 13.0. The molecule has 2 aromatic carbocycles. The second-order valence-corrected chi connectivity index (χ2v) is 8.61. The summed E-state index contributed by atoms with van der Waals surface area (Å²) in [4.78, 5) is 25.6. The van der Waals surface area contributed by atoms with E-state index < -0.39 is 5.97 Å². The molecule has 35 heavy (non-hydrogen) atoms. The highest BCUT2D eigenvalue weighted by molar-refractivity contribution is 6.33. The third kappa shape index (κ3) is 5.93. The van der Waals surface area contributed by atoms with Gasteiger partial charge in [0, 0.05) is 31.4 Å². The molecule has 1 aliphatic heterocycles. The van der Waals surface area contributed by atoms with Crippen molar-refractivity contribution in [2.75, 3.05) is 63.0 Å². The van der Waals surface area contributed by atoms with Crippen LogP contribution in [0.1, 0.15) is 16.8 Å². The fourth-order valence-electron chi connectivity index (χ4n) is 3.93. The van der Waals surface area contributed by atoms with Crippen molar-refractivity contribution in [3.63, 3.8) is 0 Å². The molecule has 0 radical (unpaired) electrons. The van der Waals surface area contributed by atoms with E-state index in [0.717, 1.165) is 44.0 Å². The molecule has 1 aromatic heterocycles. The molecule has 0 spiro atoms. The van der Waals surface area contributed by atoms with Crippen molar-refractivity contribution in [3.8, 4) is 5.75 Å². The molecule has 1 saturated heterocycles. The Kier molecular flexibility index (Phi) is 7.89. The van der Waals surface area contributed by atoms with Gasteiger partial charge in [-0.05, 0) is 44.3 Å². The maximum Gasteiger partial charge on any atom is 0.339 e. The lowest BCUT2D eigenvalue weighted by atomic mass is 10.2. The van der Waals surface area contributed by atoms with E-state index in [1.54, 1.807) is 31.4 Å². The van der Waals surface area contributed by atoms with Gasteiger partial charge in [-0.2, -0.15) is 4.98 Å². The maximum atomic E-state index is 12.1. The lowest BCUT2D eigenvalue weighted by molar-refractivity contribution is 0.0602. The standard InChI is InChI=1S/C25H29ClN6O3/c1-31-11-6-12-32(14-13-31)17-9-10-21(22(15-17)34-2)29-25-27-16-19(26)23(30-25)28-20-8-5-4-7-18(20)24(33)35-3/h4-5,7-10,15-16H,6,11-14H2,1-3H3,(H2,27,28,29,30). The summed E-state index contributed by atoms with van der Waals surface area (Å²) < 4.78 is 10.5. The molecular formula is C25H29ClN6O3. The number of para-hydroxylation sites is 1. The highest BCUT2D eigenvalue weighted by Crippen LogP contribution is 2.33. The second-order valence-electron chi connectivity index (χ2n) is 8.21. The summed E-state index contributed by atoms with van der Waals surface area (Å²) in [5, 5.41) is 6.63. The Morgan fingerprint density at radius 3 is 2.66 bits per heavy atom. The first-order valence-corrected chi connectivity index (χ1v) is 11.7. The number of likely N-dealkylation sites (N-methyl/N-ethyl adjacent to an activating group) is 1. The van der Waals surface area contributed by atoms with Crippen LogP contribution in [-0.4, -0.2) is 68.3 Å². The van der Waals surface area contributed by atoms with Crippen molar-refractivity contribution < 1.29 is 14.3 Å². The Morgan fingerprint density at radius 1 is 1.03 bits per heavy atom. The molecule has 10 heteroatoms. The van der Waals surface area contributed by atoms with Crippen molar-refractivity contribution >= 4 is 46.4 Å². The molecular weight excluding hydrogens is 468 g/mol. The smallest absolute Gasteiger partial charge is 0.339 e. The van der Waals surface area contributed by atoms with Crippen LogP contribution in [0.3, 0.4) is 0 Å². The SMILES string of the molecule is COC(=O)c1ccccc1Nc1nc(Nc2ccc(N3CCCN(C)CC3)cc2OC)ncc1Cl.